The van der Waals surface area contributed by atoms with Gasteiger partial charge in [0.2, 0.25) is 0 Å². The van der Waals surface area contributed by atoms with Crippen LogP contribution in [0.4, 0.5) is 10.1 Å². The van der Waals surface area contributed by atoms with Crippen LogP contribution in [0.15, 0.2) is 12.1 Å². The van der Waals surface area contributed by atoms with Crippen molar-refractivity contribution < 1.29 is 24.0 Å². The molecule has 1 aromatic rings. The number of benzene rings is 1. The van der Waals surface area contributed by atoms with Crippen molar-refractivity contribution >= 4 is 11.7 Å². The van der Waals surface area contributed by atoms with Crippen molar-refractivity contribution in [3.63, 3.8) is 0 Å². The molecule has 0 amide bonds. The third-order valence-electron chi connectivity index (χ3n) is 2.65. The van der Waals surface area contributed by atoms with E-state index in [1.54, 1.807) is 0 Å². The van der Waals surface area contributed by atoms with E-state index >= 15 is 0 Å². The number of nitrogens with zero attached hydrogens (tertiary/aromatic N) is 1. The Labute approximate surface area is 101 Å². The number of nitro benzene ring substituents is 1. The van der Waals surface area contributed by atoms with Crippen molar-refractivity contribution in [1.82, 2.24) is 0 Å². The van der Waals surface area contributed by atoms with Gasteiger partial charge in [0.15, 0.2) is 5.75 Å². The summed E-state index contributed by atoms with van der Waals surface area (Å²) in [5.41, 5.74) is -1.19. The Morgan fingerprint density at radius 2 is 2.22 bits per heavy atom. The third-order valence-corrected chi connectivity index (χ3v) is 2.65. The summed E-state index contributed by atoms with van der Waals surface area (Å²) in [6, 6.07) is 1.43. The number of aromatic carboxylic acids is 1. The zero-order chi connectivity index (χ0) is 13.3. The van der Waals surface area contributed by atoms with Gasteiger partial charge in [-0.2, -0.15) is 0 Å². The van der Waals surface area contributed by atoms with Gasteiger partial charge in [0.05, 0.1) is 23.2 Å². The lowest BCUT2D eigenvalue weighted by molar-refractivity contribution is -0.386. The highest BCUT2D eigenvalue weighted by Gasteiger charge is 2.26. The van der Waals surface area contributed by atoms with Crippen LogP contribution in [0.25, 0.3) is 0 Å². The van der Waals surface area contributed by atoms with Gasteiger partial charge in [0.25, 0.3) is 0 Å². The molecule has 1 aliphatic rings. The molecule has 1 fully saturated rings. The fourth-order valence-electron chi connectivity index (χ4n) is 1.46. The molecule has 0 bridgehead atoms. The van der Waals surface area contributed by atoms with E-state index in [0.717, 1.165) is 18.9 Å². The molecule has 1 saturated carbocycles. The molecule has 96 valence electrons. The van der Waals surface area contributed by atoms with Gasteiger partial charge in [-0.05, 0) is 18.8 Å². The van der Waals surface area contributed by atoms with E-state index in [4.69, 9.17) is 9.84 Å². The third kappa shape index (κ3) is 2.55. The van der Waals surface area contributed by atoms with Crippen LogP contribution >= 0.6 is 0 Å². The molecular formula is C11H10FNO5. The van der Waals surface area contributed by atoms with E-state index < -0.39 is 28.0 Å². The zero-order valence-electron chi connectivity index (χ0n) is 9.26. The van der Waals surface area contributed by atoms with E-state index in [0.29, 0.717) is 12.0 Å². The summed E-state index contributed by atoms with van der Waals surface area (Å²) in [6.07, 6.45) is 1.97. The smallest absolute Gasteiger partial charge is 0.338 e. The predicted octanol–water partition coefficient (Wildman–Crippen LogP) is 2.22. The Balaban J connectivity index is 2.34. The number of halogens is 1. The van der Waals surface area contributed by atoms with E-state index in [1.807, 2.05) is 0 Å². The maximum absolute atomic E-state index is 13.3. The second kappa shape index (κ2) is 4.59. The summed E-state index contributed by atoms with van der Waals surface area (Å²) in [5.74, 6) is -2.49. The lowest BCUT2D eigenvalue weighted by atomic mass is 10.1. The minimum absolute atomic E-state index is 0.203. The number of carboxylic acid groups (broad SMARTS) is 1. The molecule has 1 N–H and O–H groups in total. The van der Waals surface area contributed by atoms with Gasteiger partial charge in [-0.15, -0.1) is 0 Å². The SMILES string of the molecule is O=C(O)c1cc(OCC2CC2)c([N+](=O)[O-])cc1F. The maximum atomic E-state index is 13.3. The number of carbonyl (C=O) groups is 1. The van der Waals surface area contributed by atoms with Crippen LogP contribution < -0.4 is 4.74 Å². The summed E-state index contributed by atoms with van der Waals surface area (Å²) >= 11 is 0. The molecular weight excluding hydrogens is 245 g/mol. The minimum Gasteiger partial charge on any atom is -0.486 e. The van der Waals surface area contributed by atoms with Crippen LogP contribution in [-0.4, -0.2) is 22.6 Å². The molecule has 6 nitrogen and oxygen atoms in total. The summed E-state index contributed by atoms with van der Waals surface area (Å²) in [6.45, 7) is 0.283. The first-order valence-corrected chi connectivity index (χ1v) is 5.33. The van der Waals surface area contributed by atoms with Crippen molar-refractivity contribution in [3.05, 3.63) is 33.6 Å². The quantitative estimate of drug-likeness (QED) is 0.643. The Morgan fingerprint density at radius 3 is 2.72 bits per heavy atom. The predicted molar refractivity (Wildman–Crippen MR) is 58.2 cm³/mol. The first-order valence-electron chi connectivity index (χ1n) is 5.33. The molecule has 0 aromatic heterocycles. The van der Waals surface area contributed by atoms with Crippen molar-refractivity contribution in [2.75, 3.05) is 6.61 Å². The highest BCUT2D eigenvalue weighted by atomic mass is 19.1. The summed E-state index contributed by atoms with van der Waals surface area (Å²) in [4.78, 5) is 20.7. The molecule has 2 rings (SSSR count). The van der Waals surface area contributed by atoms with Crippen molar-refractivity contribution in [3.8, 4) is 5.75 Å². The molecule has 7 heteroatoms. The molecule has 0 atom stereocenters. The van der Waals surface area contributed by atoms with Gasteiger partial charge in [0.1, 0.15) is 5.82 Å². The first-order chi connectivity index (χ1) is 8.49. The van der Waals surface area contributed by atoms with Gasteiger partial charge in [-0.3, -0.25) is 10.1 Å². The van der Waals surface area contributed by atoms with Gasteiger partial charge in [-0.25, -0.2) is 9.18 Å². The lowest BCUT2D eigenvalue weighted by Crippen LogP contribution is -2.06. The first kappa shape index (κ1) is 12.3. The fourth-order valence-corrected chi connectivity index (χ4v) is 1.46. The molecule has 0 spiro atoms. The van der Waals surface area contributed by atoms with Crippen LogP contribution in [0.5, 0.6) is 5.75 Å². The number of hydrogen-bond acceptors (Lipinski definition) is 4. The number of rotatable bonds is 5. The molecule has 0 saturated heterocycles. The van der Waals surface area contributed by atoms with Crippen LogP contribution in [-0.2, 0) is 0 Å². The summed E-state index contributed by atoms with van der Waals surface area (Å²) in [7, 11) is 0. The Hall–Kier alpha value is -2.18. The minimum atomic E-state index is -1.49. The zero-order valence-corrected chi connectivity index (χ0v) is 9.26. The standard InChI is InChI=1S/C11H10FNO5/c12-8-4-9(13(16)17)10(3-7(8)11(14)15)18-5-6-1-2-6/h3-4,6H,1-2,5H2,(H,14,15). The summed E-state index contributed by atoms with van der Waals surface area (Å²) in [5, 5.41) is 19.5. The average Bonchev–Trinajstić information content (AvgIpc) is 3.10. The van der Waals surface area contributed by atoms with Crippen LogP contribution in [0.1, 0.15) is 23.2 Å². The second-order valence-electron chi connectivity index (χ2n) is 4.12. The second-order valence-corrected chi connectivity index (χ2v) is 4.12. The van der Waals surface area contributed by atoms with Crippen LogP contribution in [0.2, 0.25) is 0 Å². The van der Waals surface area contributed by atoms with Crippen molar-refractivity contribution in [2.24, 2.45) is 5.92 Å². The molecule has 0 heterocycles. The molecule has 18 heavy (non-hydrogen) atoms. The normalized spacial score (nSPS) is 14.3. The van der Waals surface area contributed by atoms with Crippen molar-refractivity contribution in [1.29, 1.82) is 0 Å². The van der Waals surface area contributed by atoms with Crippen LogP contribution in [0.3, 0.4) is 0 Å². The van der Waals surface area contributed by atoms with E-state index in [9.17, 15) is 19.3 Å². The van der Waals surface area contributed by atoms with Crippen LogP contribution in [0, 0.1) is 21.8 Å². The maximum Gasteiger partial charge on any atom is 0.338 e. The van der Waals surface area contributed by atoms with E-state index in [1.165, 1.54) is 0 Å². The fraction of sp³-hybridized carbons (Fsp3) is 0.364. The van der Waals surface area contributed by atoms with Crippen molar-refractivity contribution in [2.45, 2.75) is 12.8 Å². The number of nitro groups is 1. The highest BCUT2D eigenvalue weighted by molar-refractivity contribution is 5.89. The van der Waals surface area contributed by atoms with Gasteiger partial charge in [0, 0.05) is 6.07 Å². The average molecular weight is 255 g/mol. The van der Waals surface area contributed by atoms with Gasteiger partial charge >= 0.3 is 11.7 Å². The molecule has 1 aromatic carbocycles. The number of carboxylic acids is 1. The molecule has 0 aliphatic heterocycles. The topological polar surface area (TPSA) is 89.7 Å². The highest BCUT2D eigenvalue weighted by Crippen LogP contribution is 2.34. The summed E-state index contributed by atoms with van der Waals surface area (Å²) < 4.78 is 18.5. The van der Waals surface area contributed by atoms with E-state index in [2.05, 4.69) is 0 Å². The Kier molecular flexibility index (Phi) is 3.14. The number of ether oxygens (including phenoxy) is 1. The van der Waals surface area contributed by atoms with E-state index in [-0.39, 0.29) is 12.4 Å². The molecule has 0 unspecified atom stereocenters. The number of hydrogen-bond donors (Lipinski definition) is 1. The monoisotopic (exact) mass is 255 g/mol. The Bertz CT molecular complexity index is 512. The van der Waals surface area contributed by atoms with Gasteiger partial charge < -0.3 is 9.84 Å². The van der Waals surface area contributed by atoms with Gasteiger partial charge in [-0.1, -0.05) is 0 Å². The largest absolute Gasteiger partial charge is 0.486 e. The lowest BCUT2D eigenvalue weighted by Gasteiger charge is -2.07. The Morgan fingerprint density at radius 1 is 1.56 bits per heavy atom. The molecule has 0 radical (unpaired) electrons. The molecule has 1 aliphatic carbocycles.